The first-order valence-corrected chi connectivity index (χ1v) is 10.2. The number of nitrogens with one attached hydrogen (secondary N) is 2. The molecule has 1 aliphatic heterocycles. The van der Waals surface area contributed by atoms with Gasteiger partial charge in [0.2, 0.25) is 5.91 Å². The molecule has 2 N–H and O–H groups in total. The number of benzene rings is 2. The van der Waals surface area contributed by atoms with E-state index in [1.165, 1.54) is 17.0 Å². The van der Waals surface area contributed by atoms with Crippen molar-refractivity contribution in [2.24, 2.45) is 0 Å². The Bertz CT molecular complexity index is 1050. The van der Waals surface area contributed by atoms with Crippen LogP contribution in [0.3, 0.4) is 0 Å². The number of piperidine rings is 1. The molecule has 4 rings (SSSR count). The topological polar surface area (TPSA) is 66.6 Å². The lowest BCUT2D eigenvalue weighted by Crippen LogP contribution is -2.38. The second kappa shape index (κ2) is 9.34. The van der Waals surface area contributed by atoms with Crippen LogP contribution < -0.4 is 14.8 Å². The van der Waals surface area contributed by atoms with Gasteiger partial charge in [-0.25, -0.2) is 0 Å². The van der Waals surface area contributed by atoms with E-state index in [4.69, 9.17) is 4.74 Å². The molecule has 0 unspecified atom stereocenters. The van der Waals surface area contributed by atoms with Crippen LogP contribution in [0.4, 0.5) is 14.5 Å². The highest BCUT2D eigenvalue weighted by atomic mass is 19.3. The maximum Gasteiger partial charge on any atom is 0.387 e. The summed E-state index contributed by atoms with van der Waals surface area (Å²) in [6, 6.07) is 12.2. The van der Waals surface area contributed by atoms with Crippen molar-refractivity contribution in [1.29, 1.82) is 0 Å². The second-order valence-corrected chi connectivity index (χ2v) is 7.63. The number of nitrogens with zero attached hydrogens (tertiary/aromatic N) is 1. The number of fused-ring (bicyclic) bond motifs is 1. The Labute approximate surface area is 179 Å². The third-order valence-electron chi connectivity index (χ3n) is 5.69. The molecule has 164 valence electrons. The third-order valence-corrected chi connectivity index (χ3v) is 5.69. The van der Waals surface area contributed by atoms with E-state index < -0.39 is 6.61 Å². The van der Waals surface area contributed by atoms with E-state index in [0.717, 1.165) is 37.2 Å². The number of ether oxygens (including phenoxy) is 2. The Balaban J connectivity index is 1.34. The minimum absolute atomic E-state index is 0.0423. The summed E-state index contributed by atoms with van der Waals surface area (Å²) in [5.74, 6) is 0.943. The number of methoxy groups -OCH3 is 1. The number of hydrogen-bond acceptors (Lipinski definition) is 4. The molecular weight excluding hydrogens is 404 g/mol. The van der Waals surface area contributed by atoms with E-state index in [2.05, 4.69) is 32.2 Å². The minimum Gasteiger partial charge on any atom is -0.497 e. The predicted molar refractivity (Wildman–Crippen MR) is 115 cm³/mol. The summed E-state index contributed by atoms with van der Waals surface area (Å²) >= 11 is 0. The van der Waals surface area contributed by atoms with Crippen LogP contribution in [0.15, 0.2) is 48.7 Å². The number of carbonyl (C=O) groups is 1. The molecule has 1 saturated heterocycles. The zero-order valence-electron chi connectivity index (χ0n) is 17.2. The fraction of sp³-hybridized carbons (Fsp3) is 0.348. The lowest BCUT2D eigenvalue weighted by atomic mass is 9.89. The number of hydrogen-bond donors (Lipinski definition) is 2. The Kier molecular flexibility index (Phi) is 6.36. The number of para-hydroxylation sites is 2. The van der Waals surface area contributed by atoms with Gasteiger partial charge in [0.05, 0.1) is 19.3 Å². The normalized spacial score (nSPS) is 15.4. The van der Waals surface area contributed by atoms with Crippen LogP contribution in [0.25, 0.3) is 10.9 Å². The Morgan fingerprint density at radius 1 is 1.23 bits per heavy atom. The van der Waals surface area contributed by atoms with Crippen molar-refractivity contribution < 1.29 is 23.0 Å². The number of H-pyrrole nitrogens is 1. The van der Waals surface area contributed by atoms with Crippen LogP contribution in [0.5, 0.6) is 11.5 Å². The molecule has 0 aliphatic carbocycles. The maximum atomic E-state index is 12.6. The first-order chi connectivity index (χ1) is 15.0. The largest absolute Gasteiger partial charge is 0.497 e. The van der Waals surface area contributed by atoms with Crippen LogP contribution in [0.1, 0.15) is 24.3 Å². The number of rotatable bonds is 7. The molecule has 0 radical (unpaired) electrons. The monoisotopic (exact) mass is 429 g/mol. The smallest absolute Gasteiger partial charge is 0.387 e. The van der Waals surface area contributed by atoms with Crippen molar-refractivity contribution in [3.05, 3.63) is 54.2 Å². The highest BCUT2D eigenvalue weighted by molar-refractivity contribution is 5.93. The van der Waals surface area contributed by atoms with E-state index in [1.54, 1.807) is 25.3 Å². The first kappa shape index (κ1) is 21.1. The zero-order valence-corrected chi connectivity index (χ0v) is 17.2. The summed E-state index contributed by atoms with van der Waals surface area (Å²) in [6.07, 6.45) is 3.93. The fourth-order valence-corrected chi connectivity index (χ4v) is 4.15. The number of aromatic amines is 1. The van der Waals surface area contributed by atoms with Crippen LogP contribution in [-0.2, 0) is 4.79 Å². The van der Waals surface area contributed by atoms with Crippen molar-refractivity contribution in [2.45, 2.75) is 25.4 Å². The van der Waals surface area contributed by atoms with E-state index >= 15 is 0 Å². The fourth-order valence-electron chi connectivity index (χ4n) is 4.15. The molecule has 0 bridgehead atoms. The van der Waals surface area contributed by atoms with Gasteiger partial charge in [-0.15, -0.1) is 0 Å². The van der Waals surface area contributed by atoms with Crippen molar-refractivity contribution in [2.75, 3.05) is 32.1 Å². The first-order valence-electron chi connectivity index (χ1n) is 10.2. The summed E-state index contributed by atoms with van der Waals surface area (Å²) in [4.78, 5) is 17.9. The van der Waals surface area contributed by atoms with Gasteiger partial charge in [-0.1, -0.05) is 12.1 Å². The van der Waals surface area contributed by atoms with Crippen LogP contribution in [0, 0.1) is 0 Å². The molecule has 0 saturated carbocycles. The molecular formula is C23H25F2N3O3. The van der Waals surface area contributed by atoms with Gasteiger partial charge in [0.1, 0.15) is 11.5 Å². The Hall–Kier alpha value is -3.13. The maximum absolute atomic E-state index is 12.6. The number of amides is 1. The van der Waals surface area contributed by atoms with Gasteiger partial charge in [0.25, 0.3) is 0 Å². The quantitative estimate of drug-likeness (QED) is 0.576. The highest BCUT2D eigenvalue weighted by Crippen LogP contribution is 2.34. The van der Waals surface area contributed by atoms with Gasteiger partial charge in [-0.3, -0.25) is 9.69 Å². The average molecular weight is 429 g/mol. The number of alkyl halides is 2. The number of aromatic nitrogens is 1. The van der Waals surface area contributed by atoms with Gasteiger partial charge < -0.3 is 19.8 Å². The van der Waals surface area contributed by atoms with E-state index in [1.807, 2.05) is 12.1 Å². The minimum atomic E-state index is -2.94. The average Bonchev–Trinajstić information content (AvgIpc) is 3.18. The standard InChI is InChI=1S/C23H25F2N3O3/c1-30-16-6-7-19-17(12-16)18(13-26-19)15-8-10-28(11-9-15)14-22(29)27-20-4-2-3-5-21(20)31-23(24)25/h2-7,12-13,15,23,26H,8-11,14H2,1H3,(H,27,29). The van der Waals surface area contributed by atoms with Gasteiger partial charge >= 0.3 is 6.61 Å². The Morgan fingerprint density at radius 2 is 2.00 bits per heavy atom. The summed E-state index contributed by atoms with van der Waals surface area (Å²) in [7, 11) is 1.66. The molecule has 1 amide bonds. The van der Waals surface area contributed by atoms with Gasteiger partial charge in [0.15, 0.2) is 0 Å². The molecule has 2 aromatic carbocycles. The molecule has 0 atom stereocenters. The molecule has 31 heavy (non-hydrogen) atoms. The molecule has 1 aliphatic rings. The molecule has 1 fully saturated rings. The summed E-state index contributed by atoms with van der Waals surface area (Å²) in [6.45, 7) is -1.17. The predicted octanol–water partition coefficient (Wildman–Crippen LogP) is 4.60. The second-order valence-electron chi connectivity index (χ2n) is 7.63. The van der Waals surface area contributed by atoms with E-state index in [-0.39, 0.29) is 23.9 Å². The van der Waals surface area contributed by atoms with Crippen LogP contribution in [0.2, 0.25) is 0 Å². The highest BCUT2D eigenvalue weighted by Gasteiger charge is 2.24. The number of likely N-dealkylation sites (tertiary alicyclic amines) is 1. The van der Waals surface area contributed by atoms with Gasteiger partial charge in [-0.2, -0.15) is 8.78 Å². The summed E-state index contributed by atoms with van der Waals surface area (Å²) in [5.41, 5.74) is 2.61. The molecule has 6 nitrogen and oxygen atoms in total. The number of carbonyl (C=O) groups excluding carboxylic acids is 1. The van der Waals surface area contributed by atoms with Gasteiger partial charge in [0, 0.05) is 17.1 Å². The van der Waals surface area contributed by atoms with Crippen molar-refractivity contribution in [3.8, 4) is 11.5 Å². The lowest BCUT2D eigenvalue weighted by molar-refractivity contribution is -0.117. The molecule has 2 heterocycles. The van der Waals surface area contributed by atoms with Crippen molar-refractivity contribution >= 4 is 22.5 Å². The van der Waals surface area contributed by atoms with Crippen LogP contribution in [-0.4, -0.2) is 49.1 Å². The van der Waals surface area contributed by atoms with Gasteiger partial charge in [-0.05, 0) is 67.7 Å². The SMILES string of the molecule is COc1ccc2[nH]cc(C3CCN(CC(=O)Nc4ccccc4OC(F)F)CC3)c2c1. The van der Waals surface area contributed by atoms with E-state index in [9.17, 15) is 13.6 Å². The Morgan fingerprint density at radius 3 is 2.74 bits per heavy atom. The van der Waals surface area contributed by atoms with Crippen molar-refractivity contribution in [1.82, 2.24) is 9.88 Å². The van der Waals surface area contributed by atoms with Crippen LogP contribution >= 0.6 is 0 Å². The summed E-state index contributed by atoms with van der Waals surface area (Å²) in [5, 5.41) is 3.85. The molecule has 1 aromatic heterocycles. The zero-order chi connectivity index (χ0) is 21.8. The number of halogens is 2. The van der Waals surface area contributed by atoms with E-state index in [0.29, 0.717) is 5.92 Å². The third kappa shape index (κ3) is 4.96. The molecule has 3 aromatic rings. The lowest BCUT2D eigenvalue weighted by Gasteiger charge is -2.31. The molecule has 8 heteroatoms. The summed E-state index contributed by atoms with van der Waals surface area (Å²) < 4.78 is 34.9. The number of anilines is 1. The molecule has 0 spiro atoms. The van der Waals surface area contributed by atoms with Crippen molar-refractivity contribution in [3.63, 3.8) is 0 Å².